The monoisotopic (exact) mass is 325 g/mol. The summed E-state index contributed by atoms with van der Waals surface area (Å²) < 4.78 is 26.5. The highest BCUT2D eigenvalue weighted by atomic mass is 35.5. The number of para-hydroxylation sites is 1. The van der Waals surface area contributed by atoms with Gasteiger partial charge in [-0.3, -0.25) is 0 Å². The van der Waals surface area contributed by atoms with Crippen LogP contribution in [0.3, 0.4) is 0 Å². The number of hydrogen-bond acceptors (Lipinski definition) is 4. The van der Waals surface area contributed by atoms with Crippen molar-refractivity contribution in [3.8, 4) is 0 Å². The zero-order valence-corrected chi connectivity index (χ0v) is 13.0. The number of nitrogen functional groups attached to an aromatic ring is 1. The van der Waals surface area contributed by atoms with Crippen LogP contribution in [0, 0.1) is 0 Å². The minimum Gasteiger partial charge on any atom is -0.397 e. The van der Waals surface area contributed by atoms with Crippen LogP contribution in [0.5, 0.6) is 0 Å². The summed E-state index contributed by atoms with van der Waals surface area (Å²) in [6.45, 7) is 2.04. The zero-order chi connectivity index (χ0) is 15.5. The van der Waals surface area contributed by atoms with Crippen molar-refractivity contribution in [3.05, 3.63) is 47.5 Å². The lowest BCUT2D eigenvalue weighted by Gasteiger charge is -2.13. The van der Waals surface area contributed by atoms with Gasteiger partial charge in [0.25, 0.3) is 0 Å². The lowest BCUT2D eigenvalue weighted by atomic mass is 10.2. The summed E-state index contributed by atoms with van der Waals surface area (Å²) in [5, 5.41) is 3.57. The maximum Gasteiger partial charge on any atom is 0.240 e. The van der Waals surface area contributed by atoms with Crippen molar-refractivity contribution in [2.24, 2.45) is 0 Å². The molecular weight excluding hydrogens is 310 g/mol. The molecule has 2 aromatic rings. The van der Waals surface area contributed by atoms with E-state index in [0.29, 0.717) is 28.6 Å². The summed E-state index contributed by atoms with van der Waals surface area (Å²) in [7, 11) is -3.53. The Kier molecular flexibility index (Phi) is 4.72. The third-order valence-corrected chi connectivity index (χ3v) is 4.69. The van der Waals surface area contributed by atoms with E-state index < -0.39 is 10.0 Å². The SMILES string of the molecule is CCNS(=O)(=O)c1ccc(N)c(Nc2ccccc2Cl)c1. The van der Waals surface area contributed by atoms with Crippen molar-refractivity contribution in [2.45, 2.75) is 11.8 Å². The van der Waals surface area contributed by atoms with Gasteiger partial charge < -0.3 is 11.1 Å². The van der Waals surface area contributed by atoms with Crippen molar-refractivity contribution < 1.29 is 8.42 Å². The third kappa shape index (κ3) is 3.66. The molecule has 2 rings (SSSR count). The Morgan fingerprint density at radius 3 is 2.52 bits per heavy atom. The molecule has 0 aliphatic rings. The lowest BCUT2D eigenvalue weighted by Crippen LogP contribution is -2.23. The van der Waals surface area contributed by atoms with Crippen LogP contribution in [-0.4, -0.2) is 15.0 Å². The minimum absolute atomic E-state index is 0.146. The number of nitrogens with two attached hydrogens (primary N) is 1. The first-order chi connectivity index (χ1) is 9.94. The van der Waals surface area contributed by atoms with E-state index in [4.69, 9.17) is 17.3 Å². The summed E-state index contributed by atoms with van der Waals surface area (Å²) in [5.41, 5.74) is 7.46. The highest BCUT2D eigenvalue weighted by Gasteiger charge is 2.14. The van der Waals surface area contributed by atoms with Crippen LogP contribution in [0.2, 0.25) is 5.02 Å². The van der Waals surface area contributed by atoms with Crippen molar-refractivity contribution in [2.75, 3.05) is 17.6 Å². The van der Waals surface area contributed by atoms with Crippen LogP contribution in [0.4, 0.5) is 17.1 Å². The molecule has 5 nitrogen and oxygen atoms in total. The molecule has 0 heterocycles. The van der Waals surface area contributed by atoms with Gasteiger partial charge in [-0.05, 0) is 30.3 Å². The van der Waals surface area contributed by atoms with E-state index in [0.717, 1.165) is 0 Å². The van der Waals surface area contributed by atoms with Gasteiger partial charge in [0, 0.05) is 6.54 Å². The van der Waals surface area contributed by atoms with Gasteiger partial charge in [0.1, 0.15) is 0 Å². The van der Waals surface area contributed by atoms with E-state index in [1.54, 1.807) is 25.1 Å². The first-order valence-corrected chi connectivity index (χ1v) is 8.21. The standard InChI is InChI=1S/C14H16ClN3O2S/c1-2-17-21(19,20)10-7-8-12(16)14(9-10)18-13-6-4-3-5-11(13)15/h3-9,17-18H,2,16H2,1H3. The second kappa shape index (κ2) is 6.34. The van der Waals surface area contributed by atoms with Gasteiger partial charge in [-0.25, -0.2) is 13.1 Å². The number of rotatable bonds is 5. The maximum atomic E-state index is 12.0. The Labute approximate surface area is 129 Å². The smallest absolute Gasteiger partial charge is 0.240 e. The molecule has 0 aliphatic heterocycles. The Balaban J connectivity index is 2.39. The molecule has 0 amide bonds. The summed E-state index contributed by atoms with van der Waals surface area (Å²) in [4.78, 5) is 0.146. The van der Waals surface area contributed by atoms with Gasteiger partial charge >= 0.3 is 0 Å². The van der Waals surface area contributed by atoms with Gasteiger partial charge in [0.05, 0.1) is 27.0 Å². The summed E-state index contributed by atoms with van der Waals surface area (Å²) >= 11 is 6.07. The molecule has 0 aliphatic carbocycles. The predicted octanol–water partition coefficient (Wildman–Crippen LogP) is 2.96. The van der Waals surface area contributed by atoms with E-state index in [-0.39, 0.29) is 4.90 Å². The van der Waals surface area contributed by atoms with Gasteiger partial charge in [-0.1, -0.05) is 30.7 Å². The minimum atomic E-state index is -3.53. The Morgan fingerprint density at radius 2 is 1.86 bits per heavy atom. The molecule has 0 saturated carbocycles. The fourth-order valence-electron chi connectivity index (χ4n) is 1.79. The number of anilines is 3. The molecule has 0 aromatic heterocycles. The van der Waals surface area contributed by atoms with Gasteiger partial charge in [0.15, 0.2) is 0 Å². The highest BCUT2D eigenvalue weighted by molar-refractivity contribution is 7.89. The predicted molar refractivity (Wildman–Crippen MR) is 86.5 cm³/mol. The first-order valence-electron chi connectivity index (χ1n) is 6.35. The van der Waals surface area contributed by atoms with Crippen LogP contribution in [0.25, 0.3) is 0 Å². The van der Waals surface area contributed by atoms with Gasteiger partial charge in [-0.2, -0.15) is 0 Å². The average molecular weight is 326 g/mol. The van der Waals surface area contributed by atoms with Crippen molar-refractivity contribution in [1.29, 1.82) is 0 Å². The molecule has 0 saturated heterocycles. The van der Waals surface area contributed by atoms with Gasteiger partial charge in [-0.15, -0.1) is 0 Å². The Morgan fingerprint density at radius 1 is 1.14 bits per heavy atom. The topological polar surface area (TPSA) is 84.2 Å². The lowest BCUT2D eigenvalue weighted by molar-refractivity contribution is 0.584. The summed E-state index contributed by atoms with van der Waals surface area (Å²) in [5.74, 6) is 0. The van der Waals surface area contributed by atoms with E-state index in [9.17, 15) is 8.42 Å². The molecule has 112 valence electrons. The second-order valence-corrected chi connectivity index (χ2v) is 6.53. The van der Waals surface area contributed by atoms with Crippen molar-refractivity contribution in [1.82, 2.24) is 4.72 Å². The van der Waals surface area contributed by atoms with E-state index in [1.165, 1.54) is 12.1 Å². The molecule has 2 aromatic carbocycles. The second-order valence-electron chi connectivity index (χ2n) is 4.36. The normalized spacial score (nSPS) is 11.3. The first kappa shape index (κ1) is 15.6. The molecule has 0 atom stereocenters. The summed E-state index contributed by atoms with van der Waals surface area (Å²) in [6.07, 6.45) is 0. The molecule has 0 fully saturated rings. The summed E-state index contributed by atoms with van der Waals surface area (Å²) in [6, 6.07) is 11.6. The molecule has 0 spiro atoms. The molecule has 0 radical (unpaired) electrons. The van der Waals surface area contributed by atoms with Crippen LogP contribution < -0.4 is 15.8 Å². The van der Waals surface area contributed by atoms with E-state index in [1.807, 2.05) is 12.1 Å². The largest absolute Gasteiger partial charge is 0.397 e. The number of hydrogen-bond donors (Lipinski definition) is 3. The van der Waals surface area contributed by atoms with Crippen LogP contribution >= 0.6 is 11.6 Å². The van der Waals surface area contributed by atoms with Gasteiger partial charge in [0.2, 0.25) is 10.0 Å². The molecule has 7 heteroatoms. The molecule has 0 unspecified atom stereocenters. The number of benzene rings is 2. The number of sulfonamides is 1. The highest BCUT2D eigenvalue weighted by Crippen LogP contribution is 2.29. The molecular formula is C14H16ClN3O2S. The van der Waals surface area contributed by atoms with Crippen molar-refractivity contribution in [3.63, 3.8) is 0 Å². The quantitative estimate of drug-likeness (QED) is 0.738. The Hall–Kier alpha value is -1.76. The van der Waals surface area contributed by atoms with Crippen molar-refractivity contribution >= 4 is 38.7 Å². The van der Waals surface area contributed by atoms with Crippen LogP contribution in [0.1, 0.15) is 6.92 Å². The fraction of sp³-hybridized carbons (Fsp3) is 0.143. The number of nitrogens with one attached hydrogen (secondary N) is 2. The average Bonchev–Trinajstić information content (AvgIpc) is 2.43. The van der Waals surface area contributed by atoms with Crippen LogP contribution in [-0.2, 0) is 10.0 Å². The number of halogens is 1. The Bertz CT molecular complexity index is 748. The zero-order valence-electron chi connectivity index (χ0n) is 11.4. The maximum absolute atomic E-state index is 12.0. The van der Waals surface area contributed by atoms with E-state index >= 15 is 0 Å². The molecule has 0 bridgehead atoms. The van der Waals surface area contributed by atoms with E-state index in [2.05, 4.69) is 10.0 Å². The molecule has 21 heavy (non-hydrogen) atoms. The molecule has 4 N–H and O–H groups in total. The van der Waals surface area contributed by atoms with Crippen LogP contribution in [0.15, 0.2) is 47.4 Å². The fourth-order valence-corrected chi connectivity index (χ4v) is 3.04. The third-order valence-electron chi connectivity index (χ3n) is 2.81.